The standard InChI is InChI=1S/C21H25N3O4.C21H26N2O4.C20H24N2O4.2C2H6/c1-6-8-11-24-12-14(9-10-21(4,5)20(22)27)16-15(19(26)28-7-2)13(3)23-17(16)18(24)25;1-6-8-11-23-12-15(9-10-21(4,5)13-24)17-16(20(26)27-7-2)14(3)22-18(17)19(23)25;1-6-8-11-22-12-14(9-10-20(4,5)25)16-15(19(24)26-7-2)13(3)21-17(16)18(22)23;2*1-2/h6,12,23H,1,7-8,11H2,2-5H3,(H2,22,27);6,12,22,24H,1,7-8,11,13H2,2-5H3;6,12,21,25H,1,7-8,11H2,2-5H3;2*1-2H3. The van der Waals surface area contributed by atoms with Crippen LogP contribution < -0.4 is 22.4 Å². The smallest absolute Gasteiger partial charge is 0.340 e. The molecule has 0 saturated carbocycles. The van der Waals surface area contributed by atoms with Crippen LogP contribution in [0.1, 0.15) is 174 Å². The third-order valence-electron chi connectivity index (χ3n) is 12.4. The number of nitrogens with zero attached hydrogens (tertiary/aromatic N) is 3. The van der Waals surface area contributed by atoms with Crippen LogP contribution in [0.25, 0.3) is 32.7 Å². The maximum absolute atomic E-state index is 12.9. The molecule has 0 spiro atoms. The van der Waals surface area contributed by atoms with Crippen LogP contribution in [0, 0.1) is 67.1 Å². The van der Waals surface area contributed by atoms with Crippen molar-refractivity contribution in [2.45, 2.75) is 155 Å². The number of allylic oxidation sites excluding steroid dienone is 3. The number of pyridine rings is 3. The van der Waals surface area contributed by atoms with Crippen molar-refractivity contribution in [1.82, 2.24) is 28.7 Å². The van der Waals surface area contributed by atoms with Gasteiger partial charge in [-0.15, -0.1) is 19.7 Å². The highest BCUT2D eigenvalue weighted by Gasteiger charge is 2.27. The molecular formula is C66H87N7O12. The molecule has 0 aliphatic carbocycles. The van der Waals surface area contributed by atoms with E-state index in [1.165, 1.54) is 9.13 Å². The van der Waals surface area contributed by atoms with Crippen LogP contribution in [0.3, 0.4) is 0 Å². The molecule has 19 nitrogen and oxygen atoms in total. The predicted molar refractivity (Wildman–Crippen MR) is 338 cm³/mol. The van der Waals surface area contributed by atoms with Crippen LogP contribution in [0.5, 0.6) is 0 Å². The molecule has 0 aliphatic heterocycles. The third kappa shape index (κ3) is 18.6. The highest BCUT2D eigenvalue weighted by molar-refractivity contribution is 6.09. The van der Waals surface area contributed by atoms with Gasteiger partial charge in [-0.2, -0.15) is 0 Å². The van der Waals surface area contributed by atoms with Crippen molar-refractivity contribution < 1.29 is 43.6 Å². The number of aryl methyl sites for hydroxylation is 6. The summed E-state index contributed by atoms with van der Waals surface area (Å²) in [7, 11) is 0. The second-order valence-electron chi connectivity index (χ2n) is 20.5. The summed E-state index contributed by atoms with van der Waals surface area (Å²) >= 11 is 0. The number of aromatic amines is 3. The van der Waals surface area contributed by atoms with Crippen molar-refractivity contribution in [3.8, 4) is 35.5 Å². The Balaban J connectivity index is 0.000000422. The number of hydrogen-bond acceptors (Lipinski definition) is 12. The van der Waals surface area contributed by atoms with Gasteiger partial charge < -0.3 is 58.8 Å². The number of aromatic nitrogens is 6. The first-order chi connectivity index (χ1) is 40.1. The van der Waals surface area contributed by atoms with Crippen LogP contribution >= 0.6 is 0 Å². The molecule has 6 rings (SSSR count). The second-order valence-corrected chi connectivity index (χ2v) is 20.5. The quantitative estimate of drug-likeness (QED) is 0.0216. The van der Waals surface area contributed by atoms with Gasteiger partial charge in [0.15, 0.2) is 0 Å². The topological polar surface area (TPSA) is 276 Å². The average molecular weight is 1170 g/mol. The minimum absolute atomic E-state index is 0.101. The number of esters is 3. The number of amides is 1. The Labute approximate surface area is 498 Å². The summed E-state index contributed by atoms with van der Waals surface area (Å²) in [4.78, 5) is 96.5. The van der Waals surface area contributed by atoms with E-state index in [0.717, 1.165) is 0 Å². The van der Waals surface area contributed by atoms with E-state index in [4.69, 9.17) is 19.9 Å². The fraction of sp³-hybridized carbons (Fsp3) is 0.439. The average Bonchev–Trinajstić information content (AvgIpc) is 1.79. The molecule has 0 aromatic carbocycles. The third-order valence-corrected chi connectivity index (χ3v) is 12.4. The number of nitrogens with one attached hydrogen (secondary N) is 3. The lowest BCUT2D eigenvalue weighted by Crippen LogP contribution is -2.30. The van der Waals surface area contributed by atoms with Gasteiger partial charge in [0.05, 0.1) is 59.8 Å². The van der Waals surface area contributed by atoms with Crippen LogP contribution in [0.15, 0.2) is 70.9 Å². The zero-order valence-electron chi connectivity index (χ0n) is 52.6. The summed E-state index contributed by atoms with van der Waals surface area (Å²) in [6.45, 7) is 41.2. The van der Waals surface area contributed by atoms with Gasteiger partial charge >= 0.3 is 17.9 Å². The maximum Gasteiger partial charge on any atom is 0.340 e. The Bertz CT molecular complexity index is 3790. The Morgan fingerprint density at radius 1 is 0.553 bits per heavy atom. The normalized spacial score (nSPS) is 10.7. The molecule has 6 heterocycles. The highest BCUT2D eigenvalue weighted by Crippen LogP contribution is 2.28. The fourth-order valence-corrected chi connectivity index (χ4v) is 8.06. The lowest BCUT2D eigenvalue weighted by atomic mass is 9.93. The van der Waals surface area contributed by atoms with Crippen LogP contribution in [0.4, 0.5) is 0 Å². The lowest BCUT2D eigenvalue weighted by Gasteiger charge is -2.12. The van der Waals surface area contributed by atoms with Gasteiger partial charge in [-0.1, -0.05) is 81.4 Å². The number of hydrogen-bond donors (Lipinski definition) is 6. The molecule has 0 bridgehead atoms. The number of aliphatic hydroxyl groups excluding tert-OH is 1. The molecule has 0 aliphatic rings. The first-order valence-electron chi connectivity index (χ1n) is 28.4. The molecule has 85 heavy (non-hydrogen) atoms. The van der Waals surface area contributed by atoms with Gasteiger partial charge in [0.25, 0.3) is 16.7 Å². The number of aliphatic hydroxyl groups is 2. The van der Waals surface area contributed by atoms with Crippen molar-refractivity contribution in [3.05, 3.63) is 138 Å². The van der Waals surface area contributed by atoms with E-state index in [1.807, 2.05) is 41.5 Å². The van der Waals surface area contributed by atoms with E-state index in [9.17, 15) is 43.8 Å². The molecule has 6 aromatic heterocycles. The second kappa shape index (κ2) is 32.9. The van der Waals surface area contributed by atoms with E-state index < -0.39 is 40.2 Å². The molecule has 1 amide bonds. The van der Waals surface area contributed by atoms with E-state index in [0.29, 0.717) is 111 Å². The number of primary amides is 1. The zero-order chi connectivity index (χ0) is 64.7. The van der Waals surface area contributed by atoms with E-state index >= 15 is 0 Å². The minimum Gasteiger partial charge on any atom is -0.462 e. The molecule has 0 unspecified atom stereocenters. The number of H-pyrrole nitrogens is 3. The number of nitrogens with two attached hydrogens (primary N) is 1. The minimum atomic E-state index is -1.20. The molecule has 19 heteroatoms. The number of fused-ring (bicyclic) bond motifs is 3. The number of carbonyl (C=O) groups excluding carboxylic acids is 4. The maximum atomic E-state index is 12.9. The van der Waals surface area contributed by atoms with Crippen molar-refractivity contribution in [2.24, 2.45) is 16.6 Å². The summed E-state index contributed by atoms with van der Waals surface area (Å²) in [6, 6.07) is 0. The Morgan fingerprint density at radius 3 is 1.08 bits per heavy atom. The Morgan fingerprint density at radius 2 is 0.835 bits per heavy atom. The number of ether oxygens (including phenoxy) is 3. The molecule has 0 atom stereocenters. The van der Waals surface area contributed by atoms with Crippen molar-refractivity contribution in [2.75, 3.05) is 26.4 Å². The lowest BCUT2D eigenvalue weighted by molar-refractivity contribution is -0.123. The van der Waals surface area contributed by atoms with Crippen molar-refractivity contribution in [1.29, 1.82) is 0 Å². The van der Waals surface area contributed by atoms with E-state index in [1.54, 1.807) is 111 Å². The summed E-state index contributed by atoms with van der Waals surface area (Å²) < 4.78 is 20.0. The molecule has 0 fully saturated rings. The van der Waals surface area contributed by atoms with E-state index in [-0.39, 0.29) is 54.2 Å². The zero-order valence-corrected chi connectivity index (χ0v) is 52.6. The monoisotopic (exact) mass is 1170 g/mol. The van der Waals surface area contributed by atoms with Gasteiger partial charge in [-0.3, -0.25) is 19.2 Å². The van der Waals surface area contributed by atoms with Crippen LogP contribution in [0.2, 0.25) is 0 Å². The van der Waals surface area contributed by atoms with Crippen molar-refractivity contribution >= 4 is 56.5 Å². The first-order valence-corrected chi connectivity index (χ1v) is 28.4. The van der Waals surface area contributed by atoms with E-state index in [2.05, 4.69) is 70.2 Å². The van der Waals surface area contributed by atoms with Crippen LogP contribution in [-0.4, -0.2) is 94.7 Å². The molecule has 7 N–H and O–H groups in total. The summed E-state index contributed by atoms with van der Waals surface area (Å²) in [6.07, 6.45) is 11.9. The van der Waals surface area contributed by atoms with Gasteiger partial charge in [0.1, 0.15) is 27.6 Å². The summed E-state index contributed by atoms with van der Waals surface area (Å²) in [5.74, 6) is 15.4. The Hall–Kier alpha value is -8.83. The molecular weight excluding hydrogens is 1080 g/mol. The van der Waals surface area contributed by atoms with Gasteiger partial charge in [0, 0.05) is 76.9 Å². The molecule has 0 radical (unpaired) electrons. The van der Waals surface area contributed by atoms with Crippen molar-refractivity contribution in [3.63, 3.8) is 0 Å². The van der Waals surface area contributed by atoms with Crippen LogP contribution in [-0.2, 0) is 38.6 Å². The number of carbonyl (C=O) groups is 4. The largest absolute Gasteiger partial charge is 0.462 e. The SMILES string of the molecule is C=CCCn1cc(C#CC(C)(C)C(N)=O)c2c(C(=O)OCC)c(C)[nH]c2c1=O.C=CCCn1cc(C#CC(C)(C)CO)c2c(C(=O)OCC)c(C)[nH]c2c1=O.C=CCCn1cc(C#CC(C)(C)O)c2c(C(=O)OCC)c(C)[nH]c2c1=O.CC.CC. The summed E-state index contributed by atoms with van der Waals surface area (Å²) in [5.41, 5.74) is 6.68. The first kappa shape index (κ1) is 72.3. The molecule has 458 valence electrons. The number of rotatable bonds is 17. The molecule has 0 saturated heterocycles. The van der Waals surface area contributed by atoms with Gasteiger partial charge in [-0.25, -0.2) is 14.4 Å². The Kier molecular flexibility index (Phi) is 27.9. The highest BCUT2D eigenvalue weighted by atomic mass is 16.5. The fourth-order valence-electron chi connectivity index (χ4n) is 8.06. The van der Waals surface area contributed by atoms with Gasteiger partial charge in [-0.05, 0) is 102 Å². The predicted octanol–water partition coefficient (Wildman–Crippen LogP) is 9.58. The summed E-state index contributed by atoms with van der Waals surface area (Å²) in [5, 5.41) is 20.7. The molecule has 6 aromatic rings. The van der Waals surface area contributed by atoms with Gasteiger partial charge in [0.2, 0.25) is 5.91 Å².